The van der Waals surface area contributed by atoms with Gasteiger partial charge in [-0.1, -0.05) is 31.2 Å². The summed E-state index contributed by atoms with van der Waals surface area (Å²) in [5, 5.41) is 9.17. The Kier molecular flexibility index (Phi) is 4.39. The lowest BCUT2D eigenvalue weighted by Gasteiger charge is -2.21. The summed E-state index contributed by atoms with van der Waals surface area (Å²) in [5.41, 5.74) is 9.78. The molecule has 0 amide bonds. The predicted molar refractivity (Wildman–Crippen MR) is 82.9 cm³/mol. The SMILES string of the molecule is CCC(N)c1ccc(N(C)c2ccccc2C#N)cc1. The molecule has 0 saturated carbocycles. The Hall–Kier alpha value is -2.31. The molecule has 2 rings (SSSR count). The minimum atomic E-state index is 0.0840. The third-order valence-corrected chi connectivity index (χ3v) is 3.53. The van der Waals surface area contributed by atoms with Gasteiger partial charge in [0, 0.05) is 18.8 Å². The first-order valence-corrected chi connectivity index (χ1v) is 6.75. The normalized spacial score (nSPS) is 11.7. The fourth-order valence-electron chi connectivity index (χ4n) is 2.18. The molecule has 1 unspecified atom stereocenters. The number of benzene rings is 2. The number of nitrogens with zero attached hydrogens (tertiary/aromatic N) is 2. The lowest BCUT2D eigenvalue weighted by molar-refractivity contribution is 0.699. The number of nitrogens with two attached hydrogens (primary N) is 1. The van der Waals surface area contributed by atoms with E-state index in [1.54, 1.807) is 0 Å². The number of nitriles is 1. The van der Waals surface area contributed by atoms with E-state index in [0.717, 1.165) is 23.4 Å². The zero-order valence-corrected chi connectivity index (χ0v) is 11.9. The molecule has 102 valence electrons. The summed E-state index contributed by atoms with van der Waals surface area (Å²) in [6, 6.07) is 18.1. The van der Waals surface area contributed by atoms with E-state index in [4.69, 9.17) is 11.0 Å². The molecule has 0 heterocycles. The number of para-hydroxylation sites is 1. The number of hydrogen-bond acceptors (Lipinski definition) is 3. The van der Waals surface area contributed by atoms with E-state index in [1.807, 2.05) is 48.3 Å². The highest BCUT2D eigenvalue weighted by Gasteiger charge is 2.09. The third-order valence-electron chi connectivity index (χ3n) is 3.53. The minimum absolute atomic E-state index is 0.0840. The van der Waals surface area contributed by atoms with E-state index in [-0.39, 0.29) is 6.04 Å². The summed E-state index contributed by atoms with van der Waals surface area (Å²) >= 11 is 0. The van der Waals surface area contributed by atoms with E-state index in [2.05, 4.69) is 25.1 Å². The first-order valence-electron chi connectivity index (χ1n) is 6.75. The average molecular weight is 265 g/mol. The van der Waals surface area contributed by atoms with Gasteiger partial charge in [-0.3, -0.25) is 0 Å². The quantitative estimate of drug-likeness (QED) is 0.916. The van der Waals surface area contributed by atoms with Crippen LogP contribution in [0.4, 0.5) is 11.4 Å². The summed E-state index contributed by atoms with van der Waals surface area (Å²) in [6.07, 6.45) is 0.923. The molecular formula is C17H19N3. The Balaban J connectivity index is 2.30. The van der Waals surface area contributed by atoms with Crippen molar-refractivity contribution in [1.82, 2.24) is 0 Å². The van der Waals surface area contributed by atoms with Crippen LogP contribution in [0.25, 0.3) is 0 Å². The monoisotopic (exact) mass is 265 g/mol. The van der Waals surface area contributed by atoms with Gasteiger partial charge in [0.05, 0.1) is 11.3 Å². The van der Waals surface area contributed by atoms with Crippen LogP contribution in [0, 0.1) is 11.3 Å². The van der Waals surface area contributed by atoms with Gasteiger partial charge in [0.25, 0.3) is 0 Å². The van der Waals surface area contributed by atoms with Gasteiger partial charge in [-0.2, -0.15) is 5.26 Å². The van der Waals surface area contributed by atoms with Gasteiger partial charge in [-0.05, 0) is 36.2 Å². The highest BCUT2D eigenvalue weighted by atomic mass is 15.1. The van der Waals surface area contributed by atoms with Crippen molar-refractivity contribution in [3.8, 4) is 6.07 Å². The van der Waals surface area contributed by atoms with E-state index in [9.17, 15) is 0 Å². The molecule has 20 heavy (non-hydrogen) atoms. The topological polar surface area (TPSA) is 53.0 Å². The number of hydrogen-bond donors (Lipinski definition) is 1. The van der Waals surface area contributed by atoms with Gasteiger partial charge >= 0.3 is 0 Å². The van der Waals surface area contributed by atoms with Crippen molar-refractivity contribution < 1.29 is 0 Å². The van der Waals surface area contributed by atoms with Crippen molar-refractivity contribution in [3.63, 3.8) is 0 Å². The minimum Gasteiger partial charge on any atom is -0.344 e. The molecule has 3 heteroatoms. The molecule has 0 fully saturated rings. The maximum atomic E-state index is 9.17. The van der Waals surface area contributed by atoms with Gasteiger partial charge in [0.2, 0.25) is 0 Å². The maximum Gasteiger partial charge on any atom is 0.101 e. The number of anilines is 2. The van der Waals surface area contributed by atoms with Gasteiger partial charge in [-0.15, -0.1) is 0 Å². The second kappa shape index (κ2) is 6.23. The van der Waals surface area contributed by atoms with Crippen LogP contribution < -0.4 is 10.6 Å². The Labute approximate surface area is 120 Å². The second-order valence-corrected chi connectivity index (χ2v) is 4.79. The zero-order chi connectivity index (χ0) is 14.5. The third kappa shape index (κ3) is 2.81. The summed E-state index contributed by atoms with van der Waals surface area (Å²) in [6.45, 7) is 2.08. The van der Waals surface area contributed by atoms with Crippen LogP contribution in [0.2, 0.25) is 0 Å². The van der Waals surface area contributed by atoms with Crippen LogP contribution in [0.3, 0.4) is 0 Å². The number of rotatable bonds is 4. The first-order chi connectivity index (χ1) is 9.67. The van der Waals surface area contributed by atoms with Gasteiger partial charge < -0.3 is 10.6 Å². The predicted octanol–water partition coefficient (Wildman–Crippen LogP) is 3.74. The molecule has 0 aliphatic rings. The van der Waals surface area contributed by atoms with Crippen molar-refractivity contribution in [1.29, 1.82) is 5.26 Å². The molecule has 3 nitrogen and oxygen atoms in total. The summed E-state index contributed by atoms with van der Waals surface area (Å²) in [5.74, 6) is 0. The van der Waals surface area contributed by atoms with Crippen LogP contribution in [-0.2, 0) is 0 Å². The first kappa shape index (κ1) is 14.1. The largest absolute Gasteiger partial charge is 0.344 e. The lowest BCUT2D eigenvalue weighted by Crippen LogP contribution is -2.12. The molecule has 0 bridgehead atoms. The van der Waals surface area contributed by atoms with Crippen molar-refractivity contribution in [3.05, 3.63) is 59.7 Å². The Bertz CT molecular complexity index is 611. The van der Waals surface area contributed by atoms with Crippen LogP contribution in [0.1, 0.15) is 30.5 Å². The zero-order valence-electron chi connectivity index (χ0n) is 11.9. The molecule has 2 aromatic carbocycles. The fraction of sp³-hybridized carbons (Fsp3) is 0.235. The van der Waals surface area contributed by atoms with Gasteiger partial charge in [0.15, 0.2) is 0 Å². The van der Waals surface area contributed by atoms with Crippen LogP contribution in [0.5, 0.6) is 0 Å². The Morgan fingerprint density at radius 2 is 1.80 bits per heavy atom. The molecule has 0 aromatic heterocycles. The molecular weight excluding hydrogens is 246 g/mol. The van der Waals surface area contributed by atoms with Crippen molar-refractivity contribution in [2.75, 3.05) is 11.9 Å². The van der Waals surface area contributed by atoms with Crippen molar-refractivity contribution in [2.24, 2.45) is 5.73 Å². The van der Waals surface area contributed by atoms with Crippen molar-refractivity contribution in [2.45, 2.75) is 19.4 Å². The highest BCUT2D eigenvalue weighted by Crippen LogP contribution is 2.27. The van der Waals surface area contributed by atoms with E-state index < -0.39 is 0 Å². The molecule has 0 aliphatic carbocycles. The van der Waals surface area contributed by atoms with Crippen LogP contribution in [0.15, 0.2) is 48.5 Å². The Morgan fingerprint density at radius 3 is 2.40 bits per heavy atom. The summed E-state index contributed by atoms with van der Waals surface area (Å²) in [7, 11) is 1.96. The standard InChI is InChI=1S/C17H19N3/c1-3-16(19)13-8-10-15(11-9-13)20(2)17-7-5-4-6-14(17)12-18/h4-11,16H,3,19H2,1-2H3. The van der Waals surface area contributed by atoms with Gasteiger partial charge in [0.1, 0.15) is 6.07 Å². The molecule has 2 N–H and O–H groups in total. The molecule has 0 saturated heterocycles. The van der Waals surface area contributed by atoms with Crippen LogP contribution in [-0.4, -0.2) is 7.05 Å². The summed E-state index contributed by atoms with van der Waals surface area (Å²) < 4.78 is 0. The lowest BCUT2D eigenvalue weighted by atomic mass is 10.0. The average Bonchev–Trinajstić information content (AvgIpc) is 2.53. The smallest absolute Gasteiger partial charge is 0.101 e. The van der Waals surface area contributed by atoms with E-state index in [0.29, 0.717) is 5.56 Å². The highest BCUT2D eigenvalue weighted by molar-refractivity contribution is 5.68. The maximum absolute atomic E-state index is 9.17. The van der Waals surface area contributed by atoms with Crippen molar-refractivity contribution >= 4 is 11.4 Å². The Morgan fingerprint density at radius 1 is 1.15 bits per heavy atom. The fourth-order valence-corrected chi connectivity index (χ4v) is 2.18. The molecule has 0 aliphatic heterocycles. The van der Waals surface area contributed by atoms with E-state index in [1.165, 1.54) is 0 Å². The van der Waals surface area contributed by atoms with Gasteiger partial charge in [-0.25, -0.2) is 0 Å². The molecule has 0 radical (unpaired) electrons. The molecule has 0 spiro atoms. The molecule has 1 atom stereocenters. The second-order valence-electron chi connectivity index (χ2n) is 4.79. The summed E-state index contributed by atoms with van der Waals surface area (Å²) in [4.78, 5) is 2.01. The van der Waals surface area contributed by atoms with Crippen LogP contribution >= 0.6 is 0 Å². The van der Waals surface area contributed by atoms with E-state index >= 15 is 0 Å². The molecule has 2 aromatic rings.